The van der Waals surface area contributed by atoms with Crippen molar-refractivity contribution in [2.45, 2.75) is 24.8 Å². The van der Waals surface area contributed by atoms with Crippen LogP contribution in [0.1, 0.15) is 19.0 Å². The number of pyridine rings is 1. The van der Waals surface area contributed by atoms with Crippen LogP contribution >= 0.6 is 11.8 Å². The van der Waals surface area contributed by atoms with Crippen molar-refractivity contribution in [3.63, 3.8) is 0 Å². The Balaban J connectivity index is 1.77. The van der Waals surface area contributed by atoms with Crippen LogP contribution in [0.15, 0.2) is 52.4 Å². The molecule has 2 N–H and O–H groups in total. The third-order valence-corrected chi connectivity index (χ3v) is 4.79. The summed E-state index contributed by atoms with van der Waals surface area (Å²) in [7, 11) is 3.95. The number of hydrogen-bond donors (Lipinski definition) is 2. The van der Waals surface area contributed by atoms with Crippen LogP contribution in [-0.2, 0) is 6.54 Å². The van der Waals surface area contributed by atoms with Gasteiger partial charge in [0.05, 0.1) is 12.2 Å². The maximum atomic E-state index is 12.9. The van der Waals surface area contributed by atoms with E-state index in [9.17, 15) is 4.39 Å². The molecule has 0 radical (unpaired) electrons. The van der Waals surface area contributed by atoms with Crippen molar-refractivity contribution in [1.82, 2.24) is 15.6 Å². The Morgan fingerprint density at radius 1 is 1.15 bits per heavy atom. The summed E-state index contributed by atoms with van der Waals surface area (Å²) in [5, 5.41) is 6.61. The van der Waals surface area contributed by atoms with Crippen LogP contribution in [0.5, 0.6) is 0 Å². The van der Waals surface area contributed by atoms with E-state index in [0.29, 0.717) is 6.54 Å². The number of nitrogens with one attached hydrogen (secondary N) is 2. The lowest BCUT2D eigenvalue weighted by atomic mass is 10.3. The topological polar surface area (TPSA) is 52.6 Å². The van der Waals surface area contributed by atoms with Crippen molar-refractivity contribution in [2.24, 2.45) is 4.99 Å². The number of thioether (sulfide) groups is 1. The van der Waals surface area contributed by atoms with Gasteiger partial charge in [0.15, 0.2) is 5.96 Å². The Hall–Kier alpha value is -2.28. The SMILES string of the molecule is CCNC(=NCc1cccc(N(C)C)n1)NCCCSc1ccc(F)cc1. The van der Waals surface area contributed by atoms with E-state index >= 15 is 0 Å². The molecule has 0 saturated heterocycles. The first-order valence-electron chi connectivity index (χ1n) is 9.12. The summed E-state index contributed by atoms with van der Waals surface area (Å²) in [6.07, 6.45) is 0.987. The first-order chi connectivity index (χ1) is 13.1. The quantitative estimate of drug-likeness (QED) is 0.297. The second kappa shape index (κ2) is 11.4. The molecular formula is C20H28FN5S. The van der Waals surface area contributed by atoms with Gasteiger partial charge in [-0.25, -0.2) is 14.4 Å². The van der Waals surface area contributed by atoms with Crippen molar-refractivity contribution in [2.75, 3.05) is 37.8 Å². The average molecular weight is 390 g/mol. The third kappa shape index (κ3) is 7.86. The molecule has 0 aliphatic rings. The molecule has 0 aliphatic carbocycles. The lowest BCUT2D eigenvalue weighted by molar-refractivity contribution is 0.626. The molecule has 1 heterocycles. The highest BCUT2D eigenvalue weighted by Gasteiger charge is 2.01. The van der Waals surface area contributed by atoms with Gasteiger partial charge in [0.1, 0.15) is 11.6 Å². The molecule has 0 unspecified atom stereocenters. The van der Waals surface area contributed by atoms with Gasteiger partial charge >= 0.3 is 0 Å². The number of rotatable bonds is 9. The Kier molecular flexibility index (Phi) is 8.91. The smallest absolute Gasteiger partial charge is 0.191 e. The zero-order valence-corrected chi connectivity index (χ0v) is 17.0. The van der Waals surface area contributed by atoms with Crippen LogP contribution in [0.2, 0.25) is 0 Å². The maximum Gasteiger partial charge on any atom is 0.191 e. The molecule has 0 saturated carbocycles. The van der Waals surface area contributed by atoms with E-state index in [2.05, 4.69) is 20.6 Å². The largest absolute Gasteiger partial charge is 0.363 e. The van der Waals surface area contributed by atoms with E-state index in [4.69, 9.17) is 0 Å². The lowest BCUT2D eigenvalue weighted by Crippen LogP contribution is -2.37. The first kappa shape index (κ1) is 21.0. The Morgan fingerprint density at radius 2 is 1.93 bits per heavy atom. The van der Waals surface area contributed by atoms with Crippen LogP contribution in [0.4, 0.5) is 10.2 Å². The van der Waals surface area contributed by atoms with E-state index in [1.165, 1.54) is 12.1 Å². The van der Waals surface area contributed by atoms with Gasteiger partial charge < -0.3 is 15.5 Å². The monoisotopic (exact) mass is 389 g/mol. The average Bonchev–Trinajstić information content (AvgIpc) is 2.67. The molecule has 27 heavy (non-hydrogen) atoms. The van der Waals surface area contributed by atoms with Gasteiger partial charge in [-0.2, -0.15) is 0 Å². The molecule has 0 atom stereocenters. The fourth-order valence-electron chi connectivity index (χ4n) is 2.31. The summed E-state index contributed by atoms with van der Waals surface area (Å²) >= 11 is 1.73. The van der Waals surface area contributed by atoms with Crippen LogP contribution in [-0.4, -0.2) is 43.9 Å². The minimum absolute atomic E-state index is 0.196. The van der Waals surface area contributed by atoms with Gasteiger partial charge in [0, 0.05) is 32.1 Å². The minimum atomic E-state index is -0.196. The molecular weight excluding hydrogens is 361 g/mol. The van der Waals surface area contributed by atoms with E-state index in [1.54, 1.807) is 11.8 Å². The van der Waals surface area contributed by atoms with Gasteiger partial charge in [-0.05, 0) is 55.5 Å². The second-order valence-electron chi connectivity index (χ2n) is 6.16. The molecule has 1 aromatic carbocycles. The number of aromatic nitrogens is 1. The van der Waals surface area contributed by atoms with Crippen LogP contribution in [0, 0.1) is 5.82 Å². The summed E-state index contributed by atoms with van der Waals surface area (Å²) in [5.74, 6) is 2.49. The fourth-order valence-corrected chi connectivity index (χ4v) is 3.16. The minimum Gasteiger partial charge on any atom is -0.363 e. The molecule has 2 aromatic rings. The fraction of sp³-hybridized carbons (Fsp3) is 0.400. The van der Waals surface area contributed by atoms with Gasteiger partial charge in [0.25, 0.3) is 0 Å². The summed E-state index contributed by atoms with van der Waals surface area (Å²) < 4.78 is 12.9. The molecule has 1 aromatic heterocycles. The van der Waals surface area contributed by atoms with Crippen molar-refractivity contribution in [3.05, 3.63) is 54.0 Å². The zero-order valence-electron chi connectivity index (χ0n) is 16.2. The van der Waals surface area contributed by atoms with Crippen molar-refractivity contribution in [3.8, 4) is 0 Å². The highest BCUT2D eigenvalue weighted by molar-refractivity contribution is 7.99. The summed E-state index contributed by atoms with van der Waals surface area (Å²) in [4.78, 5) is 12.3. The Bertz CT molecular complexity index is 719. The van der Waals surface area contributed by atoms with Gasteiger partial charge in [-0.3, -0.25) is 0 Å². The first-order valence-corrected chi connectivity index (χ1v) is 10.1. The number of anilines is 1. The molecule has 7 heteroatoms. The van der Waals surface area contributed by atoms with Gasteiger partial charge in [0.2, 0.25) is 0 Å². The normalized spacial score (nSPS) is 11.3. The van der Waals surface area contributed by atoms with E-state index in [0.717, 1.165) is 47.6 Å². The zero-order chi connectivity index (χ0) is 19.5. The van der Waals surface area contributed by atoms with Gasteiger partial charge in [-0.15, -0.1) is 11.8 Å². The van der Waals surface area contributed by atoms with E-state index in [1.807, 2.05) is 56.3 Å². The molecule has 5 nitrogen and oxygen atoms in total. The third-order valence-electron chi connectivity index (χ3n) is 3.69. The Morgan fingerprint density at radius 3 is 2.63 bits per heavy atom. The summed E-state index contributed by atoms with van der Waals surface area (Å²) in [6, 6.07) is 12.6. The van der Waals surface area contributed by atoms with Crippen LogP contribution in [0.3, 0.4) is 0 Å². The maximum absolute atomic E-state index is 12.9. The molecule has 0 bridgehead atoms. The molecule has 146 valence electrons. The van der Waals surface area contributed by atoms with Crippen LogP contribution < -0.4 is 15.5 Å². The molecule has 0 fully saturated rings. The van der Waals surface area contributed by atoms with Crippen molar-refractivity contribution in [1.29, 1.82) is 0 Å². The van der Waals surface area contributed by atoms with Crippen molar-refractivity contribution < 1.29 is 4.39 Å². The number of nitrogens with zero attached hydrogens (tertiary/aromatic N) is 3. The van der Waals surface area contributed by atoms with Gasteiger partial charge in [-0.1, -0.05) is 6.07 Å². The van der Waals surface area contributed by atoms with Crippen molar-refractivity contribution >= 4 is 23.5 Å². The molecule has 0 amide bonds. The lowest BCUT2D eigenvalue weighted by Gasteiger charge is -2.13. The summed E-state index contributed by atoms with van der Waals surface area (Å²) in [6.45, 7) is 4.21. The number of guanidine groups is 1. The van der Waals surface area contributed by atoms with E-state index < -0.39 is 0 Å². The predicted molar refractivity (Wildman–Crippen MR) is 113 cm³/mol. The predicted octanol–water partition coefficient (Wildman–Crippen LogP) is 3.52. The standard InChI is InChI=1S/C20H28FN5S/c1-4-22-20(24-15-17-7-5-8-19(25-17)26(2)3)23-13-6-14-27-18-11-9-16(21)10-12-18/h5,7-12H,4,6,13-15H2,1-3H3,(H2,22,23,24). The number of hydrogen-bond acceptors (Lipinski definition) is 4. The molecule has 2 rings (SSSR count). The Labute approximate surface area is 165 Å². The summed E-state index contributed by atoms with van der Waals surface area (Å²) in [5.41, 5.74) is 0.935. The highest BCUT2D eigenvalue weighted by atomic mass is 32.2. The van der Waals surface area contributed by atoms with E-state index in [-0.39, 0.29) is 5.82 Å². The molecule has 0 aliphatic heterocycles. The molecule has 0 spiro atoms. The highest BCUT2D eigenvalue weighted by Crippen LogP contribution is 2.18. The second-order valence-corrected chi connectivity index (χ2v) is 7.33. The number of benzene rings is 1. The number of halogens is 1. The van der Waals surface area contributed by atoms with Crippen LogP contribution in [0.25, 0.3) is 0 Å². The number of aliphatic imine (C=N–C) groups is 1.